The molecule has 0 unspecified atom stereocenters. The Morgan fingerprint density at radius 1 is 1.08 bits per heavy atom. The fraction of sp³-hybridized carbons (Fsp3) is 1.00. The first-order chi connectivity index (χ1) is 5.85. The quantitative estimate of drug-likeness (QED) is 0.591. The second-order valence-corrected chi connectivity index (χ2v) is 5.06. The SMILES string of the molecule is CCC1(CC2CCC2)CCCC1. The first-order valence-electron chi connectivity index (χ1n) is 5.85. The highest BCUT2D eigenvalue weighted by Gasteiger charge is 2.35. The highest BCUT2D eigenvalue weighted by atomic mass is 14.4. The maximum atomic E-state index is 2.41. The van der Waals surface area contributed by atoms with E-state index in [-0.39, 0.29) is 0 Å². The molecular weight excluding hydrogens is 144 g/mol. The highest BCUT2D eigenvalue weighted by Crippen LogP contribution is 2.49. The summed E-state index contributed by atoms with van der Waals surface area (Å²) in [6, 6.07) is 0. The molecule has 0 aliphatic heterocycles. The van der Waals surface area contributed by atoms with Gasteiger partial charge in [-0.3, -0.25) is 0 Å². The van der Waals surface area contributed by atoms with Crippen LogP contribution in [0.4, 0.5) is 0 Å². The van der Waals surface area contributed by atoms with Gasteiger partial charge < -0.3 is 0 Å². The van der Waals surface area contributed by atoms with Crippen LogP contribution in [0, 0.1) is 11.3 Å². The van der Waals surface area contributed by atoms with Gasteiger partial charge in [-0.15, -0.1) is 0 Å². The third-order valence-electron chi connectivity index (χ3n) is 4.36. The Morgan fingerprint density at radius 3 is 2.17 bits per heavy atom. The molecule has 2 aliphatic carbocycles. The second kappa shape index (κ2) is 3.40. The molecule has 0 N–H and O–H groups in total. The molecule has 0 heterocycles. The van der Waals surface area contributed by atoms with Crippen LogP contribution in [0.2, 0.25) is 0 Å². The van der Waals surface area contributed by atoms with Crippen molar-refractivity contribution >= 4 is 0 Å². The Morgan fingerprint density at radius 2 is 1.75 bits per heavy atom. The lowest BCUT2D eigenvalue weighted by atomic mass is 9.69. The average Bonchev–Trinajstić information content (AvgIpc) is 2.46. The van der Waals surface area contributed by atoms with E-state index in [9.17, 15) is 0 Å². The van der Waals surface area contributed by atoms with Gasteiger partial charge in [0.1, 0.15) is 0 Å². The summed E-state index contributed by atoms with van der Waals surface area (Å²) in [4.78, 5) is 0. The molecule has 0 radical (unpaired) electrons. The first-order valence-corrected chi connectivity index (χ1v) is 5.85. The van der Waals surface area contributed by atoms with E-state index in [0.29, 0.717) is 0 Å². The van der Waals surface area contributed by atoms with Crippen molar-refractivity contribution in [2.45, 2.75) is 64.7 Å². The summed E-state index contributed by atoms with van der Waals surface area (Å²) in [5, 5.41) is 0. The van der Waals surface area contributed by atoms with Crippen LogP contribution in [0.3, 0.4) is 0 Å². The predicted molar refractivity (Wildman–Crippen MR) is 53.2 cm³/mol. The molecule has 2 rings (SSSR count). The number of hydrogen-bond donors (Lipinski definition) is 0. The van der Waals surface area contributed by atoms with E-state index in [1.54, 1.807) is 32.1 Å². The Labute approximate surface area is 76.7 Å². The van der Waals surface area contributed by atoms with Gasteiger partial charge in [0.15, 0.2) is 0 Å². The summed E-state index contributed by atoms with van der Waals surface area (Å²) in [7, 11) is 0. The summed E-state index contributed by atoms with van der Waals surface area (Å²) < 4.78 is 0. The molecule has 2 aliphatic rings. The summed E-state index contributed by atoms with van der Waals surface area (Å²) in [6.07, 6.45) is 13.7. The monoisotopic (exact) mass is 166 g/mol. The molecule has 0 aromatic rings. The van der Waals surface area contributed by atoms with Crippen LogP contribution in [0.1, 0.15) is 64.7 Å². The van der Waals surface area contributed by atoms with Crippen LogP contribution in [0.25, 0.3) is 0 Å². The van der Waals surface area contributed by atoms with Crippen molar-refractivity contribution in [3.8, 4) is 0 Å². The third-order valence-corrected chi connectivity index (χ3v) is 4.36. The van der Waals surface area contributed by atoms with Gasteiger partial charge in [-0.25, -0.2) is 0 Å². The van der Waals surface area contributed by atoms with Crippen molar-refractivity contribution in [2.24, 2.45) is 11.3 Å². The lowest BCUT2D eigenvalue weighted by Gasteiger charge is -2.36. The zero-order valence-electron chi connectivity index (χ0n) is 8.44. The molecule has 0 aromatic heterocycles. The lowest BCUT2D eigenvalue weighted by molar-refractivity contribution is 0.157. The molecule has 0 atom stereocenters. The summed E-state index contributed by atoms with van der Waals surface area (Å²) in [5.74, 6) is 1.13. The molecular formula is C12H22. The molecule has 0 bridgehead atoms. The van der Waals surface area contributed by atoms with Gasteiger partial charge in [0, 0.05) is 0 Å². The van der Waals surface area contributed by atoms with E-state index in [2.05, 4.69) is 6.92 Å². The van der Waals surface area contributed by atoms with Gasteiger partial charge in [0.05, 0.1) is 0 Å². The Bertz CT molecular complexity index is 138. The summed E-state index contributed by atoms with van der Waals surface area (Å²) in [5.41, 5.74) is 0.811. The van der Waals surface area contributed by atoms with Crippen LogP contribution >= 0.6 is 0 Å². The van der Waals surface area contributed by atoms with Crippen molar-refractivity contribution in [2.75, 3.05) is 0 Å². The maximum absolute atomic E-state index is 2.41. The van der Waals surface area contributed by atoms with Gasteiger partial charge in [-0.05, 0) is 30.6 Å². The normalized spacial score (nSPS) is 28.8. The minimum absolute atomic E-state index is 0.811. The van der Waals surface area contributed by atoms with Crippen LogP contribution < -0.4 is 0 Å². The molecule has 0 amide bonds. The maximum Gasteiger partial charge on any atom is -0.0297 e. The van der Waals surface area contributed by atoms with Gasteiger partial charge in [-0.2, -0.15) is 0 Å². The molecule has 2 fully saturated rings. The minimum Gasteiger partial charge on any atom is -0.0649 e. The van der Waals surface area contributed by atoms with Crippen LogP contribution in [-0.2, 0) is 0 Å². The topological polar surface area (TPSA) is 0 Å². The summed E-state index contributed by atoms with van der Waals surface area (Å²) >= 11 is 0. The van der Waals surface area contributed by atoms with Crippen molar-refractivity contribution < 1.29 is 0 Å². The predicted octanol–water partition coefficient (Wildman–Crippen LogP) is 4.15. The largest absolute Gasteiger partial charge is 0.0649 e. The fourth-order valence-corrected chi connectivity index (χ4v) is 3.14. The lowest BCUT2D eigenvalue weighted by Crippen LogP contribution is -2.23. The van der Waals surface area contributed by atoms with E-state index in [1.165, 1.54) is 25.7 Å². The highest BCUT2D eigenvalue weighted by molar-refractivity contribution is 4.87. The number of rotatable bonds is 3. The Hall–Kier alpha value is 0. The van der Waals surface area contributed by atoms with Crippen LogP contribution in [0.5, 0.6) is 0 Å². The van der Waals surface area contributed by atoms with Crippen molar-refractivity contribution in [3.05, 3.63) is 0 Å². The molecule has 2 saturated carbocycles. The third kappa shape index (κ3) is 1.53. The van der Waals surface area contributed by atoms with Crippen LogP contribution in [0.15, 0.2) is 0 Å². The van der Waals surface area contributed by atoms with Crippen molar-refractivity contribution in [1.82, 2.24) is 0 Å². The van der Waals surface area contributed by atoms with Crippen molar-refractivity contribution in [3.63, 3.8) is 0 Å². The average molecular weight is 166 g/mol. The minimum atomic E-state index is 0.811. The molecule has 12 heavy (non-hydrogen) atoms. The molecule has 0 saturated heterocycles. The summed E-state index contributed by atoms with van der Waals surface area (Å²) in [6.45, 7) is 2.41. The zero-order chi connectivity index (χ0) is 8.44. The Balaban J connectivity index is 1.87. The van der Waals surface area contributed by atoms with E-state index in [0.717, 1.165) is 11.3 Å². The van der Waals surface area contributed by atoms with E-state index in [4.69, 9.17) is 0 Å². The number of hydrogen-bond acceptors (Lipinski definition) is 0. The fourth-order valence-electron chi connectivity index (χ4n) is 3.14. The van der Waals surface area contributed by atoms with Gasteiger partial charge in [-0.1, -0.05) is 45.4 Å². The smallest absolute Gasteiger partial charge is 0.0297 e. The van der Waals surface area contributed by atoms with E-state index < -0.39 is 0 Å². The molecule has 0 aromatic carbocycles. The molecule has 0 nitrogen and oxygen atoms in total. The molecule has 0 heteroatoms. The zero-order valence-corrected chi connectivity index (χ0v) is 8.44. The van der Waals surface area contributed by atoms with Gasteiger partial charge in [0.2, 0.25) is 0 Å². The first kappa shape index (κ1) is 8.59. The second-order valence-electron chi connectivity index (χ2n) is 5.06. The molecule has 0 spiro atoms. The van der Waals surface area contributed by atoms with E-state index >= 15 is 0 Å². The van der Waals surface area contributed by atoms with Crippen molar-refractivity contribution in [1.29, 1.82) is 0 Å². The van der Waals surface area contributed by atoms with Gasteiger partial charge >= 0.3 is 0 Å². The Kier molecular flexibility index (Phi) is 2.43. The van der Waals surface area contributed by atoms with Crippen LogP contribution in [-0.4, -0.2) is 0 Å². The van der Waals surface area contributed by atoms with Gasteiger partial charge in [0.25, 0.3) is 0 Å². The standard InChI is InChI=1S/C12H22/c1-2-12(8-3-4-9-12)10-11-6-5-7-11/h11H,2-10H2,1H3. The van der Waals surface area contributed by atoms with E-state index in [1.807, 2.05) is 0 Å². The molecule has 70 valence electrons.